The standard InChI is InChI=1S/C13H15Cl2NO2/c1-8-5-9(17)7-16(8)13(18)6-10-11(14)3-2-4-12(10)15/h2-4,8-9,17H,5-7H2,1H3/t8-,9+/m0/s1. The first-order chi connectivity index (χ1) is 8.49. The molecule has 18 heavy (non-hydrogen) atoms. The molecule has 1 amide bonds. The number of β-amino-alcohol motifs (C(OH)–C–C–N with tert-alkyl or cyclic N) is 1. The Balaban J connectivity index is 2.12. The zero-order valence-electron chi connectivity index (χ0n) is 10.1. The van der Waals surface area contributed by atoms with Gasteiger partial charge < -0.3 is 10.0 Å². The molecule has 1 aromatic carbocycles. The van der Waals surface area contributed by atoms with Crippen LogP contribution in [0.5, 0.6) is 0 Å². The van der Waals surface area contributed by atoms with E-state index in [1.807, 2.05) is 6.92 Å². The van der Waals surface area contributed by atoms with Gasteiger partial charge in [0.25, 0.3) is 0 Å². The highest BCUT2D eigenvalue weighted by molar-refractivity contribution is 6.36. The first kappa shape index (κ1) is 13.7. The van der Waals surface area contributed by atoms with Gasteiger partial charge in [-0.25, -0.2) is 0 Å². The third-order valence-electron chi connectivity index (χ3n) is 3.26. The van der Waals surface area contributed by atoms with E-state index in [2.05, 4.69) is 0 Å². The molecule has 0 aliphatic carbocycles. The molecule has 2 atom stereocenters. The minimum Gasteiger partial charge on any atom is -0.391 e. The van der Waals surface area contributed by atoms with Crippen LogP contribution in [0.1, 0.15) is 18.9 Å². The normalized spacial score (nSPS) is 23.4. The van der Waals surface area contributed by atoms with E-state index < -0.39 is 6.10 Å². The predicted octanol–water partition coefficient (Wildman–Crippen LogP) is 2.52. The number of amides is 1. The zero-order valence-corrected chi connectivity index (χ0v) is 11.6. The third-order valence-corrected chi connectivity index (χ3v) is 3.97. The fourth-order valence-corrected chi connectivity index (χ4v) is 2.84. The molecule has 0 aromatic heterocycles. The van der Waals surface area contributed by atoms with Crippen LogP contribution in [0.2, 0.25) is 10.0 Å². The molecule has 1 aromatic rings. The number of carbonyl (C=O) groups is 1. The van der Waals surface area contributed by atoms with Crippen LogP contribution in [-0.2, 0) is 11.2 Å². The number of halogens is 2. The Morgan fingerprint density at radius 3 is 2.56 bits per heavy atom. The van der Waals surface area contributed by atoms with Gasteiger partial charge in [-0.15, -0.1) is 0 Å². The maximum absolute atomic E-state index is 12.2. The van der Waals surface area contributed by atoms with Gasteiger partial charge in [-0.1, -0.05) is 29.3 Å². The quantitative estimate of drug-likeness (QED) is 0.908. The largest absolute Gasteiger partial charge is 0.391 e. The molecule has 1 N–H and O–H groups in total. The van der Waals surface area contributed by atoms with E-state index in [4.69, 9.17) is 23.2 Å². The van der Waals surface area contributed by atoms with Crippen molar-refractivity contribution in [3.8, 4) is 0 Å². The van der Waals surface area contributed by atoms with Crippen LogP contribution in [0.4, 0.5) is 0 Å². The second kappa shape index (κ2) is 5.47. The topological polar surface area (TPSA) is 40.5 Å². The van der Waals surface area contributed by atoms with Crippen molar-refractivity contribution in [3.05, 3.63) is 33.8 Å². The lowest BCUT2D eigenvalue weighted by molar-refractivity contribution is -0.131. The van der Waals surface area contributed by atoms with Gasteiger partial charge in [-0.3, -0.25) is 4.79 Å². The van der Waals surface area contributed by atoms with Gasteiger partial charge in [0, 0.05) is 22.6 Å². The Morgan fingerprint density at radius 1 is 1.44 bits per heavy atom. The molecule has 1 aliphatic rings. The highest BCUT2D eigenvalue weighted by atomic mass is 35.5. The maximum Gasteiger partial charge on any atom is 0.227 e. The molecular weight excluding hydrogens is 273 g/mol. The average Bonchev–Trinajstić information content (AvgIpc) is 2.63. The summed E-state index contributed by atoms with van der Waals surface area (Å²) in [7, 11) is 0. The lowest BCUT2D eigenvalue weighted by atomic mass is 10.1. The van der Waals surface area contributed by atoms with Crippen molar-refractivity contribution in [3.63, 3.8) is 0 Å². The molecule has 3 nitrogen and oxygen atoms in total. The highest BCUT2D eigenvalue weighted by Crippen LogP contribution is 2.26. The number of aliphatic hydroxyl groups is 1. The Bertz CT molecular complexity index is 444. The average molecular weight is 288 g/mol. The molecule has 1 aliphatic heterocycles. The van der Waals surface area contributed by atoms with E-state index in [9.17, 15) is 9.90 Å². The minimum absolute atomic E-state index is 0.0472. The Labute approximate surface area is 116 Å². The molecular formula is C13H15Cl2NO2. The molecule has 5 heteroatoms. The summed E-state index contributed by atoms with van der Waals surface area (Å²) in [5.74, 6) is -0.0472. The first-order valence-electron chi connectivity index (χ1n) is 5.89. The highest BCUT2D eigenvalue weighted by Gasteiger charge is 2.31. The van der Waals surface area contributed by atoms with Gasteiger partial charge >= 0.3 is 0 Å². The van der Waals surface area contributed by atoms with Crippen molar-refractivity contribution < 1.29 is 9.90 Å². The van der Waals surface area contributed by atoms with E-state index in [0.29, 0.717) is 28.6 Å². The van der Waals surface area contributed by atoms with Gasteiger partial charge in [-0.2, -0.15) is 0 Å². The summed E-state index contributed by atoms with van der Waals surface area (Å²) in [6, 6.07) is 5.26. The summed E-state index contributed by atoms with van der Waals surface area (Å²) in [6.45, 7) is 2.32. The molecule has 1 heterocycles. The maximum atomic E-state index is 12.2. The Morgan fingerprint density at radius 2 is 2.06 bits per heavy atom. The number of nitrogens with zero attached hydrogens (tertiary/aromatic N) is 1. The smallest absolute Gasteiger partial charge is 0.227 e. The van der Waals surface area contributed by atoms with E-state index in [1.165, 1.54) is 0 Å². The van der Waals surface area contributed by atoms with Crippen LogP contribution in [0.25, 0.3) is 0 Å². The van der Waals surface area contributed by atoms with E-state index in [-0.39, 0.29) is 18.4 Å². The molecule has 0 spiro atoms. The van der Waals surface area contributed by atoms with Crippen molar-refractivity contribution in [1.29, 1.82) is 0 Å². The SMILES string of the molecule is C[C@H]1C[C@@H](O)CN1C(=O)Cc1c(Cl)cccc1Cl. The molecule has 0 saturated carbocycles. The first-order valence-corrected chi connectivity index (χ1v) is 6.65. The van der Waals surface area contributed by atoms with E-state index >= 15 is 0 Å². The van der Waals surface area contributed by atoms with E-state index in [1.54, 1.807) is 23.1 Å². The lowest BCUT2D eigenvalue weighted by Gasteiger charge is -2.21. The van der Waals surface area contributed by atoms with Gasteiger partial charge in [-0.05, 0) is 31.0 Å². The summed E-state index contributed by atoms with van der Waals surface area (Å²) in [5.41, 5.74) is 0.652. The fourth-order valence-electron chi connectivity index (χ4n) is 2.30. The summed E-state index contributed by atoms with van der Waals surface area (Å²) < 4.78 is 0. The fraction of sp³-hybridized carbons (Fsp3) is 0.462. The zero-order chi connectivity index (χ0) is 13.3. The number of benzene rings is 1. The lowest BCUT2D eigenvalue weighted by Crippen LogP contribution is -2.35. The number of carbonyl (C=O) groups excluding carboxylic acids is 1. The predicted molar refractivity (Wildman–Crippen MR) is 72.0 cm³/mol. The van der Waals surface area contributed by atoms with Crippen LogP contribution in [0.3, 0.4) is 0 Å². The van der Waals surface area contributed by atoms with Crippen molar-refractivity contribution in [2.24, 2.45) is 0 Å². The molecule has 0 unspecified atom stereocenters. The summed E-state index contributed by atoms with van der Waals surface area (Å²) in [5, 5.41) is 10.6. The monoisotopic (exact) mass is 287 g/mol. The molecule has 1 fully saturated rings. The van der Waals surface area contributed by atoms with Gasteiger partial charge in [0.15, 0.2) is 0 Å². The summed E-state index contributed by atoms with van der Waals surface area (Å²) in [4.78, 5) is 13.9. The number of hydrogen-bond donors (Lipinski definition) is 1. The molecule has 2 rings (SSSR count). The molecule has 0 bridgehead atoms. The Hall–Kier alpha value is -0.770. The van der Waals surface area contributed by atoms with Crippen LogP contribution in [-0.4, -0.2) is 34.6 Å². The van der Waals surface area contributed by atoms with Crippen molar-refractivity contribution in [2.75, 3.05) is 6.54 Å². The summed E-state index contributed by atoms with van der Waals surface area (Å²) in [6.07, 6.45) is 0.378. The van der Waals surface area contributed by atoms with Crippen LogP contribution >= 0.6 is 23.2 Å². The number of rotatable bonds is 2. The number of aliphatic hydroxyl groups excluding tert-OH is 1. The third kappa shape index (κ3) is 2.79. The van der Waals surface area contributed by atoms with E-state index in [0.717, 1.165) is 0 Å². The van der Waals surface area contributed by atoms with Crippen molar-refractivity contribution >= 4 is 29.1 Å². The number of likely N-dealkylation sites (tertiary alicyclic amines) is 1. The minimum atomic E-state index is -0.425. The molecule has 1 saturated heterocycles. The van der Waals surface area contributed by atoms with Crippen LogP contribution in [0.15, 0.2) is 18.2 Å². The van der Waals surface area contributed by atoms with Gasteiger partial charge in [0.2, 0.25) is 5.91 Å². The second-order valence-corrected chi connectivity index (χ2v) is 5.48. The number of hydrogen-bond acceptors (Lipinski definition) is 2. The molecule has 0 radical (unpaired) electrons. The molecule has 98 valence electrons. The summed E-state index contributed by atoms with van der Waals surface area (Å²) >= 11 is 12.1. The second-order valence-electron chi connectivity index (χ2n) is 4.66. The van der Waals surface area contributed by atoms with Crippen molar-refractivity contribution in [2.45, 2.75) is 31.9 Å². The Kier molecular flexibility index (Phi) is 4.15. The van der Waals surface area contributed by atoms with Crippen LogP contribution < -0.4 is 0 Å². The van der Waals surface area contributed by atoms with Gasteiger partial charge in [0.1, 0.15) is 0 Å². The van der Waals surface area contributed by atoms with Crippen molar-refractivity contribution in [1.82, 2.24) is 4.90 Å². The van der Waals surface area contributed by atoms with Crippen LogP contribution in [0, 0.1) is 0 Å². The van der Waals surface area contributed by atoms with Gasteiger partial charge in [0.05, 0.1) is 12.5 Å².